The highest BCUT2D eigenvalue weighted by Crippen LogP contribution is 2.32. The highest BCUT2D eigenvalue weighted by atomic mass is 32.2. The number of hydrogen-bond donors (Lipinski definition) is 1. The van der Waals surface area contributed by atoms with E-state index in [4.69, 9.17) is 0 Å². The second kappa shape index (κ2) is 8.10. The van der Waals surface area contributed by atoms with Crippen LogP contribution in [0.25, 0.3) is 0 Å². The van der Waals surface area contributed by atoms with E-state index in [0.29, 0.717) is 17.5 Å². The molecular formula is C23H26N2O2S. The summed E-state index contributed by atoms with van der Waals surface area (Å²) in [7, 11) is 0. The maximum atomic E-state index is 12.7. The summed E-state index contributed by atoms with van der Waals surface area (Å²) in [5.41, 5.74) is 1.43. The van der Waals surface area contributed by atoms with E-state index in [9.17, 15) is 9.59 Å². The summed E-state index contributed by atoms with van der Waals surface area (Å²) in [6, 6.07) is 16.0. The van der Waals surface area contributed by atoms with E-state index in [1.807, 2.05) is 48.5 Å². The molecule has 146 valence electrons. The first-order chi connectivity index (χ1) is 13.5. The number of carbonyl (C=O) groups excluding carboxylic acids is 2. The Hall–Kier alpha value is -2.11. The lowest BCUT2D eigenvalue weighted by molar-refractivity contribution is 0.0217. The number of benzene rings is 2. The van der Waals surface area contributed by atoms with Crippen molar-refractivity contribution in [3.63, 3.8) is 0 Å². The molecule has 2 aromatic carbocycles. The second-order valence-electron chi connectivity index (χ2n) is 7.82. The Morgan fingerprint density at radius 3 is 1.96 bits per heavy atom. The molecule has 0 spiro atoms. The third kappa shape index (κ3) is 4.01. The topological polar surface area (TPSA) is 49.4 Å². The van der Waals surface area contributed by atoms with Gasteiger partial charge in [-0.15, -0.1) is 0 Å². The molecule has 0 aliphatic carbocycles. The number of nitrogens with zero attached hydrogens (tertiary/aromatic N) is 1. The first-order valence-corrected chi connectivity index (χ1v) is 10.8. The normalized spacial score (nSPS) is 26.1. The average Bonchev–Trinajstić information content (AvgIpc) is 2.72. The van der Waals surface area contributed by atoms with Crippen LogP contribution in [0.2, 0.25) is 0 Å². The van der Waals surface area contributed by atoms with Crippen LogP contribution in [-0.4, -0.2) is 41.8 Å². The Balaban J connectivity index is 1.38. The van der Waals surface area contributed by atoms with E-state index < -0.39 is 0 Å². The monoisotopic (exact) mass is 394 g/mol. The molecule has 0 aromatic heterocycles. The molecule has 2 aromatic rings. The van der Waals surface area contributed by atoms with Crippen LogP contribution in [-0.2, 0) is 0 Å². The molecule has 2 atom stereocenters. The standard InChI is InChI=1S/C23H26N2O2S/c1-15-22(18-11-13-25(15)14-12-18)24-23(27)19-5-9-21(10-6-19)28-20-7-3-17(4-8-20)16(2)26/h3-10,15,18,22H,11-14H2,1-2H3,(H,24,27)/t15-,22-/m0/s1. The Morgan fingerprint density at radius 2 is 1.46 bits per heavy atom. The van der Waals surface area contributed by atoms with E-state index in [1.54, 1.807) is 18.7 Å². The Bertz CT molecular complexity index is 853. The van der Waals surface area contributed by atoms with Gasteiger partial charge >= 0.3 is 0 Å². The highest BCUT2D eigenvalue weighted by molar-refractivity contribution is 7.99. The minimum atomic E-state index is 0.0213. The average molecular weight is 395 g/mol. The van der Waals surface area contributed by atoms with Gasteiger partial charge in [0.1, 0.15) is 0 Å². The maximum absolute atomic E-state index is 12.7. The van der Waals surface area contributed by atoms with Crippen molar-refractivity contribution in [1.82, 2.24) is 10.2 Å². The number of fused-ring (bicyclic) bond motifs is 3. The number of Topliss-reactive ketones (excluding diaryl/α,β-unsaturated/α-hetero) is 1. The predicted octanol–water partition coefficient (Wildman–Crippen LogP) is 4.25. The minimum Gasteiger partial charge on any atom is -0.347 e. The van der Waals surface area contributed by atoms with Crippen molar-refractivity contribution in [2.24, 2.45) is 5.92 Å². The molecule has 0 saturated carbocycles. The Kier molecular flexibility index (Phi) is 5.56. The van der Waals surface area contributed by atoms with Gasteiger partial charge in [-0.1, -0.05) is 23.9 Å². The summed E-state index contributed by atoms with van der Waals surface area (Å²) in [4.78, 5) is 28.7. The lowest BCUT2D eigenvalue weighted by Crippen LogP contribution is -2.62. The van der Waals surface area contributed by atoms with Crippen molar-refractivity contribution in [2.75, 3.05) is 13.1 Å². The molecule has 0 radical (unpaired) electrons. The van der Waals surface area contributed by atoms with Crippen LogP contribution >= 0.6 is 11.8 Å². The third-order valence-corrected chi connectivity index (χ3v) is 7.10. The van der Waals surface area contributed by atoms with Crippen molar-refractivity contribution in [2.45, 2.75) is 48.6 Å². The zero-order valence-electron chi connectivity index (χ0n) is 16.4. The quantitative estimate of drug-likeness (QED) is 0.770. The molecule has 3 saturated heterocycles. The number of amides is 1. The number of hydrogen-bond acceptors (Lipinski definition) is 4. The zero-order chi connectivity index (χ0) is 19.7. The first-order valence-electron chi connectivity index (χ1n) is 9.95. The summed E-state index contributed by atoms with van der Waals surface area (Å²) in [5.74, 6) is 0.703. The van der Waals surface area contributed by atoms with Crippen LogP contribution in [0.5, 0.6) is 0 Å². The van der Waals surface area contributed by atoms with E-state index in [-0.39, 0.29) is 17.7 Å². The highest BCUT2D eigenvalue weighted by Gasteiger charge is 2.40. The number of carbonyl (C=O) groups is 2. The van der Waals surface area contributed by atoms with Crippen LogP contribution < -0.4 is 5.32 Å². The summed E-state index contributed by atoms with van der Waals surface area (Å²) < 4.78 is 0. The molecule has 0 unspecified atom stereocenters. The largest absolute Gasteiger partial charge is 0.347 e. The van der Waals surface area contributed by atoms with Crippen LogP contribution in [0, 0.1) is 5.92 Å². The molecule has 3 aliphatic heterocycles. The van der Waals surface area contributed by atoms with Crippen LogP contribution in [0.15, 0.2) is 58.3 Å². The second-order valence-corrected chi connectivity index (χ2v) is 8.97. The van der Waals surface area contributed by atoms with Gasteiger partial charge in [0.2, 0.25) is 0 Å². The van der Waals surface area contributed by atoms with Crippen LogP contribution in [0.3, 0.4) is 0 Å². The minimum absolute atomic E-state index is 0.0213. The van der Waals surface area contributed by atoms with Gasteiger partial charge in [-0.3, -0.25) is 14.5 Å². The van der Waals surface area contributed by atoms with Crippen molar-refractivity contribution < 1.29 is 9.59 Å². The maximum Gasteiger partial charge on any atom is 0.251 e. The smallest absolute Gasteiger partial charge is 0.251 e. The summed E-state index contributed by atoms with van der Waals surface area (Å²) in [5, 5.41) is 3.28. The summed E-state index contributed by atoms with van der Waals surface area (Å²) in [6.45, 7) is 6.13. The molecule has 5 rings (SSSR count). The van der Waals surface area contributed by atoms with Crippen LogP contribution in [0.4, 0.5) is 0 Å². The fourth-order valence-electron chi connectivity index (χ4n) is 4.35. The van der Waals surface area contributed by atoms with Crippen molar-refractivity contribution >= 4 is 23.5 Å². The summed E-state index contributed by atoms with van der Waals surface area (Å²) in [6.07, 6.45) is 2.38. The fraction of sp³-hybridized carbons (Fsp3) is 0.391. The first kappa shape index (κ1) is 19.2. The number of nitrogens with one attached hydrogen (secondary N) is 1. The van der Waals surface area contributed by atoms with Gasteiger partial charge in [0.25, 0.3) is 5.91 Å². The van der Waals surface area contributed by atoms with E-state index >= 15 is 0 Å². The lowest BCUT2D eigenvalue weighted by atomic mass is 9.79. The summed E-state index contributed by atoms with van der Waals surface area (Å²) >= 11 is 1.62. The number of piperidine rings is 3. The fourth-order valence-corrected chi connectivity index (χ4v) is 5.16. The van der Waals surface area contributed by atoms with Gasteiger partial charge in [-0.25, -0.2) is 0 Å². The molecule has 2 bridgehead atoms. The predicted molar refractivity (Wildman–Crippen MR) is 112 cm³/mol. The molecule has 3 heterocycles. The molecule has 1 N–H and O–H groups in total. The molecular weight excluding hydrogens is 368 g/mol. The van der Waals surface area contributed by atoms with Crippen molar-refractivity contribution in [1.29, 1.82) is 0 Å². The molecule has 5 heteroatoms. The molecule has 4 nitrogen and oxygen atoms in total. The molecule has 1 amide bonds. The Morgan fingerprint density at radius 1 is 0.929 bits per heavy atom. The van der Waals surface area contributed by atoms with Gasteiger partial charge in [-0.05, 0) is 82.1 Å². The number of ketones is 1. The molecule has 3 fully saturated rings. The van der Waals surface area contributed by atoms with E-state index in [2.05, 4.69) is 17.1 Å². The van der Waals surface area contributed by atoms with Gasteiger partial charge < -0.3 is 5.32 Å². The van der Waals surface area contributed by atoms with Crippen molar-refractivity contribution in [3.8, 4) is 0 Å². The van der Waals surface area contributed by atoms with Gasteiger partial charge in [0, 0.05) is 33.0 Å². The molecule has 3 aliphatic rings. The lowest BCUT2D eigenvalue weighted by Gasteiger charge is -2.49. The van der Waals surface area contributed by atoms with Gasteiger partial charge in [-0.2, -0.15) is 0 Å². The van der Waals surface area contributed by atoms with Crippen molar-refractivity contribution in [3.05, 3.63) is 59.7 Å². The molecule has 28 heavy (non-hydrogen) atoms. The third-order valence-electron chi connectivity index (χ3n) is 6.09. The SMILES string of the molecule is CC(=O)c1ccc(Sc2ccc(C(=O)N[C@@H]3C4CCN(CC4)[C@H]3C)cc2)cc1. The van der Waals surface area contributed by atoms with E-state index in [1.165, 1.54) is 12.8 Å². The van der Waals surface area contributed by atoms with Crippen LogP contribution in [0.1, 0.15) is 47.4 Å². The van der Waals surface area contributed by atoms with Gasteiger partial charge in [0.05, 0.1) is 0 Å². The van der Waals surface area contributed by atoms with Gasteiger partial charge in [0.15, 0.2) is 5.78 Å². The van der Waals surface area contributed by atoms with E-state index in [0.717, 1.165) is 28.4 Å². The zero-order valence-corrected chi connectivity index (χ0v) is 17.2. The number of rotatable bonds is 5. The Labute approximate surface area is 170 Å².